The molecule has 0 N–H and O–H groups in total. The Balaban J connectivity index is 0.00000181. The Morgan fingerprint density at radius 1 is 0.844 bits per heavy atom. The topological polar surface area (TPSA) is 41.6 Å². The van der Waals surface area contributed by atoms with Crippen LogP contribution in [0.2, 0.25) is 0 Å². The summed E-state index contributed by atoms with van der Waals surface area (Å²) in [7, 11) is 0. The number of benzene rings is 2. The van der Waals surface area contributed by atoms with Crippen LogP contribution in [-0.4, -0.2) is 42.2 Å². The summed E-state index contributed by atoms with van der Waals surface area (Å²) in [5.74, 6) is -0.318. The summed E-state index contributed by atoms with van der Waals surface area (Å²) in [6, 6.07) is 12.8. The van der Waals surface area contributed by atoms with Crippen molar-refractivity contribution in [1.82, 2.24) is 9.47 Å². The van der Waals surface area contributed by atoms with Crippen LogP contribution in [0.5, 0.6) is 0 Å². The van der Waals surface area contributed by atoms with Crippen molar-refractivity contribution in [3.8, 4) is 0 Å². The number of hydrogen-bond donors (Lipinski definition) is 0. The molecule has 4 rings (SSSR count). The number of aromatic nitrogens is 1. The van der Waals surface area contributed by atoms with Crippen molar-refractivity contribution < 1.29 is 17.6 Å². The molecule has 1 aromatic heterocycles. The second kappa shape index (κ2) is 11.1. The molecular formula is C22H26Cl2F3N3O2. The highest BCUT2D eigenvalue weighted by atomic mass is 35.5. The van der Waals surface area contributed by atoms with Crippen molar-refractivity contribution in [2.75, 3.05) is 37.6 Å². The Morgan fingerprint density at radius 3 is 2.12 bits per heavy atom. The van der Waals surface area contributed by atoms with Gasteiger partial charge in [-0.1, -0.05) is 12.1 Å². The molecule has 0 aliphatic carbocycles. The van der Waals surface area contributed by atoms with Gasteiger partial charge < -0.3 is 9.32 Å². The molecule has 0 amide bonds. The van der Waals surface area contributed by atoms with E-state index >= 15 is 0 Å². The summed E-state index contributed by atoms with van der Waals surface area (Å²) < 4.78 is 45.0. The molecule has 2 heterocycles. The standard InChI is InChI=1S/C22H24F3N3O2.2ClH/c23-22(24,25)17-7-9-18(10-8-17)27-15-13-26(14-16-27)11-3-4-12-28-19-5-1-2-6-20(19)30-21(28)29;;/h1-2,5-10H,3-4,11-16H2;2*1H. The Labute approximate surface area is 196 Å². The van der Waals surface area contributed by atoms with Gasteiger partial charge in [0.2, 0.25) is 0 Å². The van der Waals surface area contributed by atoms with Gasteiger partial charge in [-0.2, -0.15) is 13.2 Å². The molecule has 5 nitrogen and oxygen atoms in total. The summed E-state index contributed by atoms with van der Waals surface area (Å²) in [6.07, 6.45) is -2.46. The Kier molecular flexibility index (Phi) is 9.07. The number of oxazole rings is 1. The normalized spacial score (nSPS) is 14.8. The van der Waals surface area contributed by atoms with Gasteiger partial charge in [0.1, 0.15) is 0 Å². The predicted molar refractivity (Wildman–Crippen MR) is 124 cm³/mol. The Hall–Kier alpha value is -2.16. The van der Waals surface area contributed by atoms with Crippen molar-refractivity contribution >= 4 is 41.6 Å². The van der Waals surface area contributed by atoms with Crippen LogP contribution in [0, 0.1) is 0 Å². The first-order valence-electron chi connectivity index (χ1n) is 10.1. The average molecular weight is 492 g/mol. The van der Waals surface area contributed by atoms with Gasteiger partial charge in [0, 0.05) is 38.4 Å². The number of alkyl halides is 3. The minimum absolute atomic E-state index is 0. The zero-order valence-corrected chi connectivity index (χ0v) is 19.0. The smallest absolute Gasteiger partial charge is 0.408 e. The molecule has 3 aromatic rings. The molecule has 1 fully saturated rings. The highest BCUT2D eigenvalue weighted by Crippen LogP contribution is 2.30. The number of para-hydroxylation sites is 2. The highest BCUT2D eigenvalue weighted by Gasteiger charge is 2.30. The highest BCUT2D eigenvalue weighted by molar-refractivity contribution is 5.85. The van der Waals surface area contributed by atoms with Crippen LogP contribution in [0.4, 0.5) is 18.9 Å². The van der Waals surface area contributed by atoms with E-state index in [1.807, 2.05) is 18.2 Å². The average Bonchev–Trinajstić information content (AvgIpc) is 3.06. The SMILES string of the molecule is Cl.Cl.O=c1oc2ccccc2n1CCCCN1CCN(c2ccc(C(F)(F)F)cc2)CC1. The van der Waals surface area contributed by atoms with Gasteiger partial charge in [0.25, 0.3) is 0 Å². The van der Waals surface area contributed by atoms with Crippen molar-refractivity contribution in [1.29, 1.82) is 0 Å². The largest absolute Gasteiger partial charge is 0.419 e. The number of piperazine rings is 1. The van der Waals surface area contributed by atoms with E-state index in [4.69, 9.17) is 4.42 Å². The van der Waals surface area contributed by atoms with Gasteiger partial charge in [-0.15, -0.1) is 24.8 Å². The number of unbranched alkanes of at least 4 members (excludes halogenated alkanes) is 1. The maximum atomic E-state index is 12.7. The summed E-state index contributed by atoms with van der Waals surface area (Å²) in [5.41, 5.74) is 1.65. The molecule has 176 valence electrons. The second-order valence-electron chi connectivity index (χ2n) is 7.57. The van der Waals surface area contributed by atoms with Crippen LogP contribution in [-0.2, 0) is 12.7 Å². The molecule has 0 atom stereocenters. The first-order chi connectivity index (χ1) is 14.4. The van der Waals surface area contributed by atoms with Gasteiger partial charge in [0.15, 0.2) is 5.58 Å². The number of anilines is 1. The quantitative estimate of drug-likeness (QED) is 0.452. The fourth-order valence-electron chi connectivity index (χ4n) is 3.92. The molecule has 10 heteroatoms. The number of hydrogen-bond acceptors (Lipinski definition) is 4. The molecule has 1 aliphatic heterocycles. The molecular weight excluding hydrogens is 466 g/mol. The summed E-state index contributed by atoms with van der Waals surface area (Å²) in [5, 5.41) is 0. The zero-order valence-electron chi connectivity index (χ0n) is 17.4. The van der Waals surface area contributed by atoms with Crippen molar-refractivity contribution in [2.24, 2.45) is 0 Å². The lowest BCUT2D eigenvalue weighted by molar-refractivity contribution is -0.137. The van der Waals surface area contributed by atoms with Gasteiger partial charge >= 0.3 is 11.9 Å². The van der Waals surface area contributed by atoms with Crippen molar-refractivity contribution in [3.63, 3.8) is 0 Å². The molecule has 0 spiro atoms. The molecule has 0 unspecified atom stereocenters. The van der Waals surface area contributed by atoms with E-state index in [1.54, 1.807) is 22.8 Å². The van der Waals surface area contributed by atoms with E-state index in [2.05, 4.69) is 9.80 Å². The van der Waals surface area contributed by atoms with Gasteiger partial charge in [-0.3, -0.25) is 9.47 Å². The minimum atomic E-state index is -4.30. The number of rotatable bonds is 6. The summed E-state index contributed by atoms with van der Waals surface area (Å²) in [4.78, 5) is 16.5. The zero-order chi connectivity index (χ0) is 21.1. The van der Waals surface area contributed by atoms with E-state index in [9.17, 15) is 18.0 Å². The number of nitrogens with zero attached hydrogens (tertiary/aromatic N) is 3. The van der Waals surface area contributed by atoms with Crippen LogP contribution >= 0.6 is 24.8 Å². The maximum Gasteiger partial charge on any atom is 0.419 e. The molecule has 1 saturated heterocycles. The van der Waals surface area contributed by atoms with E-state index in [0.717, 1.165) is 68.9 Å². The molecule has 0 radical (unpaired) electrons. The maximum absolute atomic E-state index is 12.7. The number of aryl methyl sites for hydroxylation is 1. The van der Waals surface area contributed by atoms with Crippen LogP contribution in [0.25, 0.3) is 11.1 Å². The lowest BCUT2D eigenvalue weighted by Crippen LogP contribution is -2.46. The first kappa shape index (κ1) is 26.1. The Morgan fingerprint density at radius 2 is 1.47 bits per heavy atom. The second-order valence-corrected chi connectivity index (χ2v) is 7.57. The van der Waals surface area contributed by atoms with Crippen LogP contribution in [0.1, 0.15) is 18.4 Å². The third-order valence-electron chi connectivity index (χ3n) is 5.61. The van der Waals surface area contributed by atoms with E-state index in [-0.39, 0.29) is 30.6 Å². The summed E-state index contributed by atoms with van der Waals surface area (Å²) >= 11 is 0. The first-order valence-corrected chi connectivity index (χ1v) is 10.1. The monoisotopic (exact) mass is 491 g/mol. The fourth-order valence-corrected chi connectivity index (χ4v) is 3.92. The van der Waals surface area contributed by atoms with Gasteiger partial charge in [0.05, 0.1) is 11.1 Å². The molecule has 0 saturated carbocycles. The Bertz CT molecular complexity index is 1040. The molecule has 1 aliphatic rings. The van der Waals surface area contributed by atoms with E-state index < -0.39 is 11.7 Å². The molecule has 2 aromatic carbocycles. The van der Waals surface area contributed by atoms with Crippen LogP contribution in [0.15, 0.2) is 57.7 Å². The lowest BCUT2D eigenvalue weighted by Gasteiger charge is -2.36. The third-order valence-corrected chi connectivity index (χ3v) is 5.61. The van der Waals surface area contributed by atoms with Crippen LogP contribution < -0.4 is 10.7 Å². The summed E-state index contributed by atoms with van der Waals surface area (Å²) in [6.45, 7) is 4.88. The van der Waals surface area contributed by atoms with Gasteiger partial charge in [-0.05, 0) is 55.8 Å². The fraction of sp³-hybridized carbons (Fsp3) is 0.409. The van der Waals surface area contributed by atoms with E-state index in [0.29, 0.717) is 12.1 Å². The predicted octanol–water partition coefficient (Wildman–Crippen LogP) is 5.06. The van der Waals surface area contributed by atoms with Gasteiger partial charge in [-0.25, -0.2) is 4.79 Å². The third kappa shape index (κ3) is 5.99. The van der Waals surface area contributed by atoms with Crippen molar-refractivity contribution in [2.45, 2.75) is 25.6 Å². The minimum Gasteiger partial charge on any atom is -0.408 e. The molecule has 0 bridgehead atoms. The van der Waals surface area contributed by atoms with Crippen molar-refractivity contribution in [3.05, 3.63) is 64.6 Å². The van der Waals surface area contributed by atoms with E-state index in [1.165, 1.54) is 0 Å². The number of halogens is 5. The number of fused-ring (bicyclic) bond motifs is 1. The van der Waals surface area contributed by atoms with Crippen LogP contribution in [0.3, 0.4) is 0 Å². The molecule has 32 heavy (non-hydrogen) atoms. The lowest BCUT2D eigenvalue weighted by atomic mass is 10.1.